The molecule has 0 aromatic carbocycles. The Morgan fingerprint density at radius 2 is 1.55 bits per heavy atom. The van der Waals surface area contributed by atoms with E-state index in [9.17, 15) is 10.1 Å². The first kappa shape index (κ1) is 24.8. The van der Waals surface area contributed by atoms with Crippen molar-refractivity contribution in [2.24, 2.45) is 23.7 Å². The zero-order chi connectivity index (χ0) is 21.9. The van der Waals surface area contributed by atoms with Crippen LogP contribution in [0.3, 0.4) is 0 Å². The molecule has 0 aromatic heterocycles. The SMILES string of the molecule is CCCCCCCCCC(C#N)CCCCC(=O)C1OC2CCC1C1CCCC2CC1. The Balaban J connectivity index is 1.33. The van der Waals surface area contributed by atoms with Gasteiger partial charge in [-0.25, -0.2) is 0 Å². The number of nitriles is 1. The molecular formula is C28H47NO2. The number of ketones is 1. The molecule has 2 heterocycles. The van der Waals surface area contributed by atoms with Gasteiger partial charge in [-0.15, -0.1) is 0 Å². The molecule has 3 nitrogen and oxygen atoms in total. The highest BCUT2D eigenvalue weighted by Crippen LogP contribution is 2.46. The summed E-state index contributed by atoms with van der Waals surface area (Å²) in [7, 11) is 0. The Morgan fingerprint density at radius 1 is 0.871 bits per heavy atom. The molecule has 176 valence electrons. The lowest BCUT2D eigenvalue weighted by atomic mass is 9.72. The summed E-state index contributed by atoms with van der Waals surface area (Å²) in [6.45, 7) is 2.25. The molecule has 2 saturated carbocycles. The number of carbonyl (C=O) groups is 1. The molecular weight excluding hydrogens is 382 g/mol. The Labute approximate surface area is 191 Å². The van der Waals surface area contributed by atoms with Crippen molar-refractivity contribution in [3.63, 3.8) is 0 Å². The van der Waals surface area contributed by atoms with Gasteiger partial charge < -0.3 is 4.74 Å². The molecule has 0 amide bonds. The molecule has 2 aliphatic heterocycles. The average Bonchev–Trinajstić information content (AvgIpc) is 2.97. The molecule has 4 bridgehead atoms. The number of unbranched alkanes of at least 4 members (excludes halogenated alkanes) is 7. The Morgan fingerprint density at radius 3 is 2.32 bits per heavy atom. The Kier molecular flexibility index (Phi) is 10.9. The summed E-state index contributed by atoms with van der Waals surface area (Å²) < 4.78 is 6.46. The van der Waals surface area contributed by atoms with Gasteiger partial charge in [-0.05, 0) is 69.1 Å². The van der Waals surface area contributed by atoms with Crippen LogP contribution in [0.2, 0.25) is 0 Å². The summed E-state index contributed by atoms with van der Waals surface area (Å²) in [6, 6.07) is 2.52. The maximum atomic E-state index is 13.1. The average molecular weight is 430 g/mol. The fourth-order valence-electron chi connectivity index (χ4n) is 6.62. The number of hydrogen-bond donors (Lipinski definition) is 0. The van der Waals surface area contributed by atoms with E-state index in [-0.39, 0.29) is 12.0 Å². The summed E-state index contributed by atoms with van der Waals surface area (Å²) in [4.78, 5) is 13.1. The van der Waals surface area contributed by atoms with Gasteiger partial charge in [0, 0.05) is 12.3 Å². The van der Waals surface area contributed by atoms with E-state index >= 15 is 0 Å². The largest absolute Gasteiger partial charge is 0.367 e. The van der Waals surface area contributed by atoms with Crippen LogP contribution in [0.1, 0.15) is 129 Å². The third-order valence-corrected chi connectivity index (χ3v) is 8.57. The van der Waals surface area contributed by atoms with Crippen molar-refractivity contribution in [1.29, 1.82) is 5.26 Å². The second kappa shape index (κ2) is 13.6. The lowest BCUT2D eigenvalue weighted by Gasteiger charge is -2.43. The first-order valence-electron chi connectivity index (χ1n) is 13.8. The van der Waals surface area contributed by atoms with Crippen molar-refractivity contribution in [2.45, 2.75) is 141 Å². The zero-order valence-electron chi connectivity index (χ0n) is 20.2. The van der Waals surface area contributed by atoms with Gasteiger partial charge in [0.05, 0.1) is 12.2 Å². The second-order valence-electron chi connectivity index (χ2n) is 10.8. The predicted molar refractivity (Wildman–Crippen MR) is 127 cm³/mol. The van der Waals surface area contributed by atoms with E-state index in [1.165, 1.54) is 89.9 Å². The number of hydrogen-bond acceptors (Lipinski definition) is 3. The van der Waals surface area contributed by atoms with Gasteiger partial charge in [0.1, 0.15) is 6.10 Å². The number of carbonyl (C=O) groups excluding carboxylic acids is 1. The molecule has 0 aromatic rings. The molecule has 0 spiro atoms. The topological polar surface area (TPSA) is 50.1 Å². The van der Waals surface area contributed by atoms with Gasteiger partial charge in [-0.1, -0.05) is 71.1 Å². The maximum Gasteiger partial charge on any atom is 0.161 e. The molecule has 3 heteroatoms. The van der Waals surface area contributed by atoms with Crippen LogP contribution in [0.5, 0.6) is 0 Å². The molecule has 4 fully saturated rings. The summed E-state index contributed by atoms with van der Waals surface area (Å²) in [5, 5.41) is 9.49. The Bertz CT molecular complexity index is 568. The smallest absolute Gasteiger partial charge is 0.161 e. The van der Waals surface area contributed by atoms with E-state index in [1.807, 2.05) is 0 Å². The van der Waals surface area contributed by atoms with Crippen molar-refractivity contribution in [3.8, 4) is 6.07 Å². The molecule has 6 unspecified atom stereocenters. The minimum Gasteiger partial charge on any atom is -0.367 e. The molecule has 6 atom stereocenters. The first-order valence-corrected chi connectivity index (χ1v) is 13.8. The molecule has 2 aliphatic carbocycles. The van der Waals surface area contributed by atoms with Crippen LogP contribution in [-0.2, 0) is 9.53 Å². The fourth-order valence-corrected chi connectivity index (χ4v) is 6.62. The van der Waals surface area contributed by atoms with E-state index in [0.29, 0.717) is 36.1 Å². The zero-order valence-corrected chi connectivity index (χ0v) is 20.2. The maximum absolute atomic E-state index is 13.1. The van der Waals surface area contributed by atoms with Crippen molar-refractivity contribution in [2.75, 3.05) is 0 Å². The van der Waals surface area contributed by atoms with E-state index < -0.39 is 0 Å². The van der Waals surface area contributed by atoms with Crippen LogP contribution >= 0.6 is 0 Å². The van der Waals surface area contributed by atoms with Gasteiger partial charge in [0.25, 0.3) is 0 Å². The normalized spacial score (nSPS) is 30.9. The molecule has 31 heavy (non-hydrogen) atoms. The number of rotatable bonds is 14. The summed E-state index contributed by atoms with van der Waals surface area (Å²) >= 11 is 0. The van der Waals surface area contributed by atoms with E-state index in [4.69, 9.17) is 4.74 Å². The number of fused-ring (bicyclic) bond motifs is 2. The summed E-state index contributed by atoms with van der Waals surface area (Å²) in [6.07, 6.45) is 22.9. The lowest BCUT2D eigenvalue weighted by Crippen LogP contribution is -2.47. The second-order valence-corrected chi connectivity index (χ2v) is 10.8. The molecule has 2 saturated heterocycles. The number of nitrogens with zero attached hydrogens (tertiary/aromatic N) is 1. The van der Waals surface area contributed by atoms with Gasteiger partial charge in [0.15, 0.2) is 5.78 Å². The van der Waals surface area contributed by atoms with Crippen LogP contribution in [0.4, 0.5) is 0 Å². The summed E-state index contributed by atoms with van der Waals surface area (Å²) in [5.74, 6) is 2.43. The standard InChI is InChI=1S/C28H47NO2/c1-2-3-4-5-6-7-8-12-22(21-29)13-9-10-16-26(30)28-25-19-20-27(31-28)24-15-11-14-23(25)17-18-24/h22-25,27-28H,2-20H2,1H3. The van der Waals surface area contributed by atoms with Crippen LogP contribution in [0.25, 0.3) is 0 Å². The van der Waals surface area contributed by atoms with E-state index in [0.717, 1.165) is 25.7 Å². The van der Waals surface area contributed by atoms with Crippen LogP contribution in [-0.4, -0.2) is 18.0 Å². The third kappa shape index (κ3) is 7.59. The minimum absolute atomic E-state index is 0.121. The highest BCUT2D eigenvalue weighted by atomic mass is 16.5. The van der Waals surface area contributed by atoms with Gasteiger partial charge in [0.2, 0.25) is 0 Å². The predicted octanol–water partition coefficient (Wildman–Crippen LogP) is 7.77. The first-order chi connectivity index (χ1) is 15.2. The molecule has 0 N–H and O–H groups in total. The highest BCUT2D eigenvalue weighted by Gasteiger charge is 2.45. The summed E-state index contributed by atoms with van der Waals surface area (Å²) in [5.41, 5.74) is 0. The van der Waals surface area contributed by atoms with Gasteiger partial charge >= 0.3 is 0 Å². The van der Waals surface area contributed by atoms with E-state index in [2.05, 4.69) is 13.0 Å². The molecule has 4 aliphatic rings. The lowest BCUT2D eigenvalue weighted by molar-refractivity contribution is -0.160. The van der Waals surface area contributed by atoms with E-state index in [1.54, 1.807) is 0 Å². The van der Waals surface area contributed by atoms with Crippen LogP contribution < -0.4 is 0 Å². The van der Waals surface area contributed by atoms with Crippen LogP contribution in [0, 0.1) is 35.0 Å². The number of Topliss-reactive ketones (excluding diaryl/α,β-unsaturated/α-hetero) is 1. The Hall–Kier alpha value is -0.880. The van der Waals surface area contributed by atoms with Gasteiger partial charge in [-0.3, -0.25) is 4.79 Å². The number of ether oxygens (including phenoxy) is 1. The minimum atomic E-state index is -0.121. The van der Waals surface area contributed by atoms with Crippen LogP contribution in [0.15, 0.2) is 0 Å². The molecule has 0 radical (unpaired) electrons. The van der Waals surface area contributed by atoms with Gasteiger partial charge in [-0.2, -0.15) is 5.26 Å². The third-order valence-electron chi connectivity index (χ3n) is 8.57. The fraction of sp³-hybridized carbons (Fsp3) is 0.929. The van der Waals surface area contributed by atoms with Crippen molar-refractivity contribution < 1.29 is 9.53 Å². The monoisotopic (exact) mass is 429 g/mol. The van der Waals surface area contributed by atoms with Crippen molar-refractivity contribution in [3.05, 3.63) is 0 Å². The quantitative estimate of drug-likeness (QED) is 0.265. The molecule has 4 rings (SSSR count). The van der Waals surface area contributed by atoms with Crippen molar-refractivity contribution >= 4 is 5.78 Å². The van der Waals surface area contributed by atoms with Crippen molar-refractivity contribution in [1.82, 2.24) is 0 Å². The highest BCUT2D eigenvalue weighted by molar-refractivity contribution is 5.83.